The van der Waals surface area contributed by atoms with Crippen molar-refractivity contribution >= 4 is 6.96 Å². The molecule has 0 amide bonds. The summed E-state index contributed by atoms with van der Waals surface area (Å²) in [7, 11) is 0. The second kappa shape index (κ2) is 4.16. The monoisotopic (exact) mass is 202 g/mol. The summed E-state index contributed by atoms with van der Waals surface area (Å²) in [6.07, 6.45) is 0.0600. The van der Waals surface area contributed by atoms with Crippen LogP contribution in [0.1, 0.15) is 13.8 Å². The third-order valence-corrected chi connectivity index (χ3v) is 2.63. The highest BCUT2D eigenvalue weighted by atomic mass is 16.9. The van der Waals surface area contributed by atoms with E-state index in [1.165, 1.54) is 0 Å². The van der Waals surface area contributed by atoms with Crippen LogP contribution in [0.25, 0.3) is 0 Å². The van der Waals surface area contributed by atoms with Gasteiger partial charge in [0.05, 0.1) is 0 Å². The maximum Gasteiger partial charge on any atom is 0.531 e. The average molecular weight is 202 g/mol. The Kier molecular flexibility index (Phi) is 3.09. The number of rotatable bonds is 0. The fraction of sp³-hybridized carbons (Fsp3) is 1.00. The van der Waals surface area contributed by atoms with E-state index in [4.69, 9.17) is 18.6 Å². The second-order valence-electron chi connectivity index (χ2n) is 3.75. The standard InChI is InChI=1S/C8H17BNO4/c1-7-8(2)14-9(13-7)11-5-3-10-4-6-12-9/h7-8,10H,3-6H2,1-2H3/q-1. The van der Waals surface area contributed by atoms with Crippen molar-refractivity contribution in [1.29, 1.82) is 0 Å². The Morgan fingerprint density at radius 1 is 1.00 bits per heavy atom. The van der Waals surface area contributed by atoms with Gasteiger partial charge in [0, 0.05) is 38.5 Å². The first kappa shape index (κ1) is 10.4. The zero-order valence-electron chi connectivity index (χ0n) is 8.69. The van der Waals surface area contributed by atoms with Gasteiger partial charge in [-0.2, -0.15) is 0 Å². The van der Waals surface area contributed by atoms with E-state index >= 15 is 0 Å². The molecule has 0 aromatic rings. The molecule has 0 saturated carbocycles. The van der Waals surface area contributed by atoms with Crippen LogP contribution >= 0.6 is 0 Å². The van der Waals surface area contributed by atoms with Gasteiger partial charge in [0.25, 0.3) is 0 Å². The summed E-state index contributed by atoms with van der Waals surface area (Å²) >= 11 is 0. The second-order valence-corrected chi connectivity index (χ2v) is 3.75. The van der Waals surface area contributed by atoms with Crippen LogP contribution in [0.4, 0.5) is 0 Å². The highest BCUT2D eigenvalue weighted by Crippen LogP contribution is 2.26. The molecule has 2 unspecified atom stereocenters. The first-order chi connectivity index (χ1) is 6.72. The molecule has 6 heteroatoms. The Bertz CT molecular complexity index is 184. The van der Waals surface area contributed by atoms with Crippen molar-refractivity contribution in [3.63, 3.8) is 0 Å². The van der Waals surface area contributed by atoms with Crippen molar-refractivity contribution < 1.29 is 18.6 Å². The third kappa shape index (κ3) is 2.09. The molecule has 2 heterocycles. The van der Waals surface area contributed by atoms with Gasteiger partial charge in [-0.15, -0.1) is 0 Å². The van der Waals surface area contributed by atoms with Crippen LogP contribution in [0.2, 0.25) is 0 Å². The smallest absolute Gasteiger partial charge is 0.518 e. The Morgan fingerprint density at radius 2 is 1.50 bits per heavy atom. The van der Waals surface area contributed by atoms with E-state index in [1.807, 2.05) is 13.8 Å². The minimum Gasteiger partial charge on any atom is -0.518 e. The molecule has 1 N–H and O–H groups in total. The molecule has 5 nitrogen and oxygen atoms in total. The van der Waals surface area contributed by atoms with Crippen molar-refractivity contribution in [3.05, 3.63) is 0 Å². The number of hydrogen-bond acceptors (Lipinski definition) is 5. The van der Waals surface area contributed by atoms with E-state index in [9.17, 15) is 0 Å². The summed E-state index contributed by atoms with van der Waals surface area (Å²) in [5, 5.41) is 3.16. The first-order valence-electron chi connectivity index (χ1n) is 5.19. The summed E-state index contributed by atoms with van der Waals surface area (Å²) in [5.74, 6) is 0. The maximum absolute atomic E-state index is 5.61. The highest BCUT2D eigenvalue weighted by molar-refractivity contribution is 6.54. The topological polar surface area (TPSA) is 49.0 Å². The molecule has 2 atom stereocenters. The van der Waals surface area contributed by atoms with Crippen molar-refractivity contribution in [1.82, 2.24) is 5.32 Å². The van der Waals surface area contributed by atoms with Crippen LogP contribution in [-0.4, -0.2) is 45.5 Å². The average Bonchev–Trinajstić information content (AvgIpc) is 2.38. The molecule has 2 aliphatic rings. The van der Waals surface area contributed by atoms with E-state index < -0.39 is 6.96 Å². The quantitative estimate of drug-likeness (QED) is 0.555. The van der Waals surface area contributed by atoms with Crippen LogP contribution in [0.15, 0.2) is 0 Å². The molecule has 0 bridgehead atoms. The van der Waals surface area contributed by atoms with Gasteiger partial charge in [-0.3, -0.25) is 0 Å². The van der Waals surface area contributed by atoms with Gasteiger partial charge in [-0.25, -0.2) is 0 Å². The van der Waals surface area contributed by atoms with Crippen molar-refractivity contribution in [2.45, 2.75) is 26.1 Å². The van der Waals surface area contributed by atoms with Gasteiger partial charge >= 0.3 is 6.96 Å². The Hall–Kier alpha value is -0.135. The molecule has 14 heavy (non-hydrogen) atoms. The molecule has 2 fully saturated rings. The van der Waals surface area contributed by atoms with E-state index in [0.717, 1.165) is 13.1 Å². The molecule has 2 saturated heterocycles. The minimum absolute atomic E-state index is 0.0300. The minimum atomic E-state index is -1.93. The summed E-state index contributed by atoms with van der Waals surface area (Å²) in [4.78, 5) is 0. The van der Waals surface area contributed by atoms with Gasteiger partial charge in [0.1, 0.15) is 0 Å². The molecule has 2 aliphatic heterocycles. The van der Waals surface area contributed by atoms with Crippen LogP contribution < -0.4 is 5.32 Å². The zero-order chi connectivity index (χ0) is 10.0. The normalized spacial score (nSPS) is 38.1. The summed E-state index contributed by atoms with van der Waals surface area (Å²) < 4.78 is 22.2. The van der Waals surface area contributed by atoms with E-state index in [0.29, 0.717) is 13.2 Å². The lowest BCUT2D eigenvalue weighted by Crippen LogP contribution is -2.49. The summed E-state index contributed by atoms with van der Waals surface area (Å²) in [6.45, 7) is 4.72. The first-order valence-corrected chi connectivity index (χ1v) is 5.19. The van der Waals surface area contributed by atoms with Crippen LogP contribution in [-0.2, 0) is 18.6 Å². The van der Waals surface area contributed by atoms with Crippen LogP contribution in [0, 0.1) is 0 Å². The Labute approximate surface area is 84.1 Å². The van der Waals surface area contributed by atoms with Crippen molar-refractivity contribution in [3.8, 4) is 0 Å². The van der Waals surface area contributed by atoms with Crippen molar-refractivity contribution in [2.24, 2.45) is 0 Å². The third-order valence-electron chi connectivity index (χ3n) is 2.63. The molecule has 0 aromatic carbocycles. The molecule has 82 valence electrons. The molecule has 0 radical (unpaired) electrons. The van der Waals surface area contributed by atoms with Crippen molar-refractivity contribution in [2.75, 3.05) is 26.3 Å². The fourth-order valence-electron chi connectivity index (χ4n) is 1.66. The molecule has 1 spiro atoms. The lowest BCUT2D eigenvalue weighted by Gasteiger charge is -2.37. The van der Waals surface area contributed by atoms with Gasteiger partial charge in [-0.05, 0) is 13.8 Å². The molecular formula is C8H17BNO4-. The fourth-order valence-corrected chi connectivity index (χ4v) is 1.66. The zero-order valence-corrected chi connectivity index (χ0v) is 8.69. The highest BCUT2D eigenvalue weighted by Gasteiger charge is 2.43. The largest absolute Gasteiger partial charge is 0.531 e. The molecular weight excluding hydrogens is 185 g/mol. The van der Waals surface area contributed by atoms with Gasteiger partial charge in [0.2, 0.25) is 0 Å². The molecule has 0 aromatic heterocycles. The van der Waals surface area contributed by atoms with E-state index in [-0.39, 0.29) is 12.2 Å². The molecule has 0 aliphatic carbocycles. The lowest BCUT2D eigenvalue weighted by atomic mass is 10.1. The summed E-state index contributed by atoms with van der Waals surface area (Å²) in [5.41, 5.74) is 0. The van der Waals surface area contributed by atoms with Gasteiger partial charge in [0.15, 0.2) is 0 Å². The van der Waals surface area contributed by atoms with Crippen LogP contribution in [0.5, 0.6) is 0 Å². The Balaban J connectivity index is 1.98. The predicted octanol–water partition coefficient (Wildman–Crippen LogP) is -0.118. The Morgan fingerprint density at radius 3 is 2.00 bits per heavy atom. The van der Waals surface area contributed by atoms with Crippen LogP contribution in [0.3, 0.4) is 0 Å². The number of nitrogens with one attached hydrogen (secondary N) is 1. The van der Waals surface area contributed by atoms with E-state index in [2.05, 4.69) is 5.32 Å². The lowest BCUT2D eigenvalue weighted by molar-refractivity contribution is 0.00539. The number of hydrogen-bond donors (Lipinski definition) is 1. The summed E-state index contributed by atoms with van der Waals surface area (Å²) in [6, 6.07) is 0. The SMILES string of the molecule is CC1O[B-]2(OCCNCCO2)OC1C. The predicted molar refractivity (Wildman–Crippen MR) is 51.6 cm³/mol. The maximum atomic E-state index is 5.61. The molecule has 2 rings (SSSR count). The van der Waals surface area contributed by atoms with Gasteiger partial charge < -0.3 is 23.9 Å². The van der Waals surface area contributed by atoms with Gasteiger partial charge in [-0.1, -0.05) is 0 Å². The van der Waals surface area contributed by atoms with E-state index in [1.54, 1.807) is 0 Å².